The third kappa shape index (κ3) is 2.30. The molecular formula is C15H21N3O2S. The minimum absolute atomic E-state index is 0.0426. The summed E-state index contributed by atoms with van der Waals surface area (Å²) in [4.78, 5) is 30.9. The molecule has 2 amide bonds. The summed E-state index contributed by atoms with van der Waals surface area (Å²) in [5.41, 5.74) is 0.876. The van der Waals surface area contributed by atoms with E-state index in [-0.39, 0.29) is 29.7 Å². The maximum Gasteiger partial charge on any atom is 0.239 e. The van der Waals surface area contributed by atoms with Gasteiger partial charge in [0.05, 0.1) is 17.5 Å². The summed E-state index contributed by atoms with van der Waals surface area (Å²) in [7, 11) is 1.87. The Balaban J connectivity index is 1.83. The van der Waals surface area contributed by atoms with Gasteiger partial charge < -0.3 is 5.32 Å². The Bertz CT molecular complexity index is 547. The van der Waals surface area contributed by atoms with Gasteiger partial charge in [0.25, 0.3) is 0 Å². The quantitative estimate of drug-likeness (QED) is 0.867. The smallest absolute Gasteiger partial charge is 0.239 e. The predicted octanol–water partition coefficient (Wildman–Crippen LogP) is 2.35. The Morgan fingerprint density at radius 3 is 2.52 bits per heavy atom. The van der Waals surface area contributed by atoms with Crippen molar-refractivity contribution in [2.24, 2.45) is 17.8 Å². The Labute approximate surface area is 128 Å². The first kappa shape index (κ1) is 14.7. The molecule has 1 aromatic heterocycles. The zero-order chi connectivity index (χ0) is 15.1. The first-order valence-corrected chi connectivity index (χ1v) is 8.45. The van der Waals surface area contributed by atoms with Crippen LogP contribution in [0.3, 0.4) is 0 Å². The summed E-state index contributed by atoms with van der Waals surface area (Å²) in [6, 6.07) is 0.117. The molecule has 1 saturated carbocycles. The van der Waals surface area contributed by atoms with E-state index in [2.05, 4.69) is 17.2 Å². The number of carbonyl (C=O) groups excluding carboxylic acids is 2. The first-order chi connectivity index (χ1) is 10.1. The van der Waals surface area contributed by atoms with Crippen molar-refractivity contribution < 1.29 is 9.59 Å². The standard InChI is InChI=1S/C15H21N3O2S/c1-4-9-5-10-11(6-9)14(20)18(13(10)19)15-17-12(7-21-15)8(2)16-3/h7-11,16H,4-6H2,1-3H3. The minimum Gasteiger partial charge on any atom is -0.312 e. The molecule has 21 heavy (non-hydrogen) atoms. The lowest BCUT2D eigenvalue weighted by Crippen LogP contribution is -2.32. The van der Waals surface area contributed by atoms with Crippen molar-refractivity contribution in [3.63, 3.8) is 0 Å². The number of hydrogen-bond donors (Lipinski definition) is 1. The fourth-order valence-electron chi connectivity index (χ4n) is 3.38. The van der Waals surface area contributed by atoms with Crippen LogP contribution < -0.4 is 10.2 Å². The maximum atomic E-state index is 12.6. The number of anilines is 1. The summed E-state index contributed by atoms with van der Waals surface area (Å²) in [6.45, 7) is 4.14. The Kier molecular flexibility index (Phi) is 3.84. The van der Waals surface area contributed by atoms with E-state index >= 15 is 0 Å². The topological polar surface area (TPSA) is 62.3 Å². The van der Waals surface area contributed by atoms with Crippen LogP contribution in [0.2, 0.25) is 0 Å². The van der Waals surface area contributed by atoms with Crippen LogP contribution in [0.4, 0.5) is 5.13 Å². The van der Waals surface area contributed by atoms with E-state index in [1.54, 1.807) is 0 Å². The summed E-state index contributed by atoms with van der Waals surface area (Å²) in [6.07, 6.45) is 2.76. The monoisotopic (exact) mass is 307 g/mol. The SMILES string of the molecule is CCC1CC2C(=O)N(c3nc(C(C)NC)cs3)C(=O)C2C1. The van der Waals surface area contributed by atoms with Crippen molar-refractivity contribution in [2.75, 3.05) is 11.9 Å². The van der Waals surface area contributed by atoms with Gasteiger partial charge in [-0.15, -0.1) is 11.3 Å². The number of carbonyl (C=O) groups is 2. The molecule has 3 atom stereocenters. The lowest BCUT2D eigenvalue weighted by Gasteiger charge is -2.14. The second-order valence-electron chi connectivity index (χ2n) is 6.04. The Morgan fingerprint density at radius 2 is 2.00 bits per heavy atom. The number of fused-ring (bicyclic) bond motifs is 1. The van der Waals surface area contributed by atoms with E-state index in [0.717, 1.165) is 25.0 Å². The highest BCUT2D eigenvalue weighted by atomic mass is 32.1. The number of aromatic nitrogens is 1. The molecule has 5 nitrogen and oxygen atoms in total. The highest BCUT2D eigenvalue weighted by Crippen LogP contribution is 2.46. The fourth-order valence-corrected chi connectivity index (χ4v) is 4.30. The average molecular weight is 307 g/mol. The van der Waals surface area contributed by atoms with Crippen LogP contribution in [0.25, 0.3) is 0 Å². The lowest BCUT2D eigenvalue weighted by molar-refractivity contribution is -0.123. The fraction of sp³-hybridized carbons (Fsp3) is 0.667. The summed E-state index contributed by atoms with van der Waals surface area (Å²) in [5, 5.41) is 5.57. The first-order valence-electron chi connectivity index (χ1n) is 7.57. The molecule has 0 radical (unpaired) electrons. The molecule has 2 fully saturated rings. The molecule has 3 unspecified atom stereocenters. The molecule has 114 valence electrons. The number of amides is 2. The average Bonchev–Trinajstić information content (AvgIpc) is 3.16. The molecule has 0 bridgehead atoms. The largest absolute Gasteiger partial charge is 0.312 e. The minimum atomic E-state index is -0.114. The Hall–Kier alpha value is -1.27. The van der Waals surface area contributed by atoms with Gasteiger partial charge in [-0.1, -0.05) is 13.3 Å². The van der Waals surface area contributed by atoms with Crippen LogP contribution >= 0.6 is 11.3 Å². The van der Waals surface area contributed by atoms with Gasteiger partial charge in [0, 0.05) is 11.4 Å². The van der Waals surface area contributed by atoms with Crippen LogP contribution in [0.1, 0.15) is 44.8 Å². The molecule has 1 aromatic rings. The van der Waals surface area contributed by atoms with E-state index in [4.69, 9.17) is 0 Å². The zero-order valence-corrected chi connectivity index (χ0v) is 13.4. The van der Waals surface area contributed by atoms with Crippen molar-refractivity contribution in [2.45, 2.75) is 39.2 Å². The highest BCUT2D eigenvalue weighted by molar-refractivity contribution is 7.14. The number of hydrogen-bond acceptors (Lipinski definition) is 5. The molecule has 1 saturated heterocycles. The molecular weight excluding hydrogens is 286 g/mol. The second kappa shape index (κ2) is 5.50. The summed E-state index contributed by atoms with van der Waals surface area (Å²) < 4.78 is 0. The van der Waals surface area contributed by atoms with Crippen LogP contribution in [0.15, 0.2) is 5.38 Å². The third-order valence-electron chi connectivity index (χ3n) is 4.89. The van der Waals surface area contributed by atoms with E-state index in [9.17, 15) is 9.59 Å². The summed E-state index contributed by atoms with van der Waals surface area (Å²) >= 11 is 1.38. The van der Waals surface area contributed by atoms with E-state index in [0.29, 0.717) is 11.0 Å². The van der Waals surface area contributed by atoms with E-state index in [1.807, 2.05) is 19.4 Å². The molecule has 3 rings (SSSR count). The number of imide groups is 1. The molecule has 1 N–H and O–H groups in total. The van der Waals surface area contributed by atoms with Crippen molar-refractivity contribution in [1.82, 2.24) is 10.3 Å². The van der Waals surface area contributed by atoms with Crippen molar-refractivity contribution in [3.8, 4) is 0 Å². The van der Waals surface area contributed by atoms with Gasteiger partial charge in [-0.2, -0.15) is 0 Å². The number of nitrogens with one attached hydrogen (secondary N) is 1. The van der Waals surface area contributed by atoms with Gasteiger partial charge in [-0.25, -0.2) is 9.88 Å². The number of thiazole rings is 1. The maximum absolute atomic E-state index is 12.6. The molecule has 2 aliphatic rings. The zero-order valence-electron chi connectivity index (χ0n) is 12.6. The molecule has 2 heterocycles. The van der Waals surface area contributed by atoms with Gasteiger partial charge in [-0.3, -0.25) is 9.59 Å². The second-order valence-corrected chi connectivity index (χ2v) is 6.87. The molecule has 6 heteroatoms. The van der Waals surface area contributed by atoms with Gasteiger partial charge in [-0.05, 0) is 32.7 Å². The summed E-state index contributed by atoms with van der Waals surface area (Å²) in [5.74, 6) is 0.206. The van der Waals surface area contributed by atoms with E-state index in [1.165, 1.54) is 16.2 Å². The third-order valence-corrected chi connectivity index (χ3v) is 5.73. The van der Waals surface area contributed by atoms with Crippen LogP contribution in [0, 0.1) is 17.8 Å². The van der Waals surface area contributed by atoms with Gasteiger partial charge in [0.1, 0.15) is 0 Å². The molecule has 0 spiro atoms. The van der Waals surface area contributed by atoms with Crippen LogP contribution in [-0.4, -0.2) is 23.8 Å². The van der Waals surface area contributed by atoms with Crippen LogP contribution in [-0.2, 0) is 9.59 Å². The van der Waals surface area contributed by atoms with E-state index < -0.39 is 0 Å². The molecule has 1 aliphatic carbocycles. The lowest BCUT2D eigenvalue weighted by atomic mass is 10.00. The normalized spacial score (nSPS) is 30.0. The van der Waals surface area contributed by atoms with Gasteiger partial charge in [0.2, 0.25) is 11.8 Å². The highest BCUT2D eigenvalue weighted by Gasteiger charge is 2.53. The van der Waals surface area contributed by atoms with Gasteiger partial charge in [0.15, 0.2) is 5.13 Å². The predicted molar refractivity (Wildman–Crippen MR) is 82.1 cm³/mol. The molecule has 1 aliphatic heterocycles. The molecule has 0 aromatic carbocycles. The van der Waals surface area contributed by atoms with Crippen LogP contribution in [0.5, 0.6) is 0 Å². The Morgan fingerprint density at radius 1 is 1.38 bits per heavy atom. The number of nitrogens with zero attached hydrogens (tertiary/aromatic N) is 2. The number of rotatable bonds is 4. The van der Waals surface area contributed by atoms with Gasteiger partial charge >= 0.3 is 0 Å². The van der Waals surface area contributed by atoms with Crippen molar-refractivity contribution in [3.05, 3.63) is 11.1 Å². The van der Waals surface area contributed by atoms with Crippen molar-refractivity contribution >= 4 is 28.3 Å². The van der Waals surface area contributed by atoms with Crippen molar-refractivity contribution in [1.29, 1.82) is 0 Å².